The lowest BCUT2D eigenvalue weighted by Crippen LogP contribution is -2.59. The van der Waals surface area contributed by atoms with E-state index in [0.29, 0.717) is 40.6 Å². The number of nitrogens with zero attached hydrogens (tertiary/aromatic N) is 3. The van der Waals surface area contributed by atoms with Gasteiger partial charge in [0.05, 0.1) is 30.3 Å². The summed E-state index contributed by atoms with van der Waals surface area (Å²) in [6.45, 7) is 2.59. The van der Waals surface area contributed by atoms with Gasteiger partial charge in [-0.05, 0) is 43.4 Å². The molecule has 1 fully saturated rings. The Morgan fingerprint density at radius 2 is 2.03 bits per heavy atom. The van der Waals surface area contributed by atoms with E-state index in [2.05, 4.69) is 10.3 Å². The van der Waals surface area contributed by atoms with Crippen LogP contribution in [0.25, 0.3) is 10.8 Å². The number of amides is 3. The Morgan fingerprint density at radius 1 is 1.26 bits per heavy atom. The first-order valence-electron chi connectivity index (χ1n) is 12.4. The Balaban J connectivity index is 1.51. The van der Waals surface area contributed by atoms with E-state index in [-0.39, 0.29) is 50.2 Å². The molecule has 5 rings (SSSR count). The number of benzene rings is 1. The lowest BCUT2D eigenvalue weighted by Gasteiger charge is -2.44. The number of methoxy groups -OCH3 is 1. The monoisotopic (exact) mass is 536 g/mol. The molecule has 3 aromatic rings. The van der Waals surface area contributed by atoms with Gasteiger partial charge in [0.1, 0.15) is 28.7 Å². The van der Waals surface area contributed by atoms with Gasteiger partial charge in [-0.15, -0.1) is 11.3 Å². The normalized spacial score (nSPS) is 16.5. The van der Waals surface area contributed by atoms with Crippen molar-refractivity contribution in [3.05, 3.63) is 53.4 Å². The Bertz CT molecular complexity index is 1370. The molecular formula is C27H28N4O6S. The summed E-state index contributed by atoms with van der Waals surface area (Å²) in [5.41, 5.74) is 0.937. The van der Waals surface area contributed by atoms with Crippen molar-refractivity contribution in [1.29, 1.82) is 0 Å². The first-order valence-corrected chi connectivity index (χ1v) is 13.2. The largest absolute Gasteiger partial charge is 0.496 e. The highest BCUT2D eigenvalue weighted by molar-refractivity contribution is 7.20. The molecule has 1 aromatic carbocycles. The number of carbonyl (C=O) groups is 4. The lowest BCUT2D eigenvalue weighted by molar-refractivity contribution is -0.128. The average Bonchev–Trinajstić information content (AvgIpc) is 3.59. The number of ether oxygens (including phenoxy) is 1. The van der Waals surface area contributed by atoms with E-state index in [1.165, 1.54) is 17.6 Å². The Labute approximate surface area is 223 Å². The van der Waals surface area contributed by atoms with Crippen LogP contribution >= 0.6 is 11.3 Å². The maximum absolute atomic E-state index is 14.2. The van der Waals surface area contributed by atoms with E-state index in [4.69, 9.17) is 9.15 Å². The van der Waals surface area contributed by atoms with Crippen molar-refractivity contribution in [3.8, 4) is 16.5 Å². The number of carbonyl (C=O) groups excluding carboxylic acids is 4. The molecule has 0 saturated carbocycles. The van der Waals surface area contributed by atoms with Crippen LogP contribution in [-0.2, 0) is 16.0 Å². The number of para-hydroxylation sites is 1. The summed E-state index contributed by atoms with van der Waals surface area (Å²) < 4.78 is 11.0. The SMILES string of the molecule is COc1ccccc1CCN1C(=O)C2(CCN(C(=O)NCC=O)CC2)C(=O)c2c1sc(-c1ncco1)c2C. The number of ketones is 1. The molecule has 2 aliphatic rings. The molecule has 4 heterocycles. The summed E-state index contributed by atoms with van der Waals surface area (Å²) in [7, 11) is 1.61. The van der Waals surface area contributed by atoms with Gasteiger partial charge < -0.3 is 29.1 Å². The predicted molar refractivity (Wildman–Crippen MR) is 141 cm³/mol. The van der Waals surface area contributed by atoms with E-state index >= 15 is 0 Å². The highest BCUT2D eigenvalue weighted by atomic mass is 32.1. The molecule has 1 N–H and O–H groups in total. The molecule has 11 heteroatoms. The number of hydrogen-bond acceptors (Lipinski definition) is 8. The first-order chi connectivity index (χ1) is 18.4. The summed E-state index contributed by atoms with van der Waals surface area (Å²) in [6.07, 6.45) is 4.58. The van der Waals surface area contributed by atoms with Gasteiger partial charge in [-0.2, -0.15) is 0 Å². The maximum atomic E-state index is 14.2. The number of oxazole rings is 1. The number of aldehydes is 1. The number of urea groups is 1. The number of rotatable bonds is 7. The van der Waals surface area contributed by atoms with Gasteiger partial charge in [0, 0.05) is 19.6 Å². The van der Waals surface area contributed by atoms with Gasteiger partial charge in [0.25, 0.3) is 0 Å². The first kappa shape index (κ1) is 25.7. The fraction of sp³-hybridized carbons (Fsp3) is 0.370. The Kier molecular flexibility index (Phi) is 7.02. The third-order valence-electron chi connectivity index (χ3n) is 7.35. The zero-order chi connectivity index (χ0) is 26.9. The molecule has 2 aromatic heterocycles. The number of likely N-dealkylation sites (tertiary alicyclic amines) is 1. The zero-order valence-corrected chi connectivity index (χ0v) is 22.0. The minimum absolute atomic E-state index is 0.0872. The van der Waals surface area contributed by atoms with Gasteiger partial charge in [-0.1, -0.05) is 18.2 Å². The number of anilines is 1. The highest BCUT2D eigenvalue weighted by Gasteiger charge is 2.55. The van der Waals surface area contributed by atoms with Crippen LogP contribution < -0.4 is 15.0 Å². The molecular weight excluding hydrogens is 508 g/mol. The Hall–Kier alpha value is -3.99. The van der Waals surface area contributed by atoms with E-state index < -0.39 is 5.41 Å². The highest BCUT2D eigenvalue weighted by Crippen LogP contribution is 2.51. The maximum Gasteiger partial charge on any atom is 0.317 e. The van der Waals surface area contributed by atoms with E-state index in [0.717, 1.165) is 16.9 Å². The van der Waals surface area contributed by atoms with Crippen molar-refractivity contribution < 1.29 is 28.3 Å². The van der Waals surface area contributed by atoms with Crippen molar-refractivity contribution in [3.63, 3.8) is 0 Å². The second-order valence-corrected chi connectivity index (χ2v) is 10.3. The van der Waals surface area contributed by atoms with Gasteiger partial charge in [0.2, 0.25) is 11.8 Å². The van der Waals surface area contributed by atoms with Crippen LogP contribution in [0.1, 0.15) is 34.3 Å². The number of thiophene rings is 1. The fourth-order valence-corrected chi connectivity index (χ4v) is 6.57. The van der Waals surface area contributed by atoms with Crippen LogP contribution in [0.4, 0.5) is 9.80 Å². The molecule has 0 radical (unpaired) electrons. The second-order valence-electron chi connectivity index (χ2n) is 9.34. The summed E-state index contributed by atoms with van der Waals surface area (Å²) in [6, 6.07) is 7.28. The van der Waals surface area contributed by atoms with Crippen molar-refractivity contribution in [2.24, 2.45) is 5.41 Å². The summed E-state index contributed by atoms with van der Waals surface area (Å²) in [5.74, 6) is 0.673. The molecule has 38 heavy (non-hydrogen) atoms. The molecule has 0 bridgehead atoms. The van der Waals surface area contributed by atoms with E-state index in [1.54, 1.807) is 23.1 Å². The number of hydrogen-bond donors (Lipinski definition) is 1. The summed E-state index contributed by atoms with van der Waals surface area (Å²) >= 11 is 1.33. The topological polar surface area (TPSA) is 122 Å². The molecule has 10 nitrogen and oxygen atoms in total. The summed E-state index contributed by atoms with van der Waals surface area (Å²) in [5, 5.41) is 3.12. The van der Waals surface area contributed by atoms with Crippen molar-refractivity contribution >= 4 is 40.3 Å². The molecule has 1 saturated heterocycles. The lowest BCUT2D eigenvalue weighted by atomic mass is 9.69. The molecule has 1 spiro atoms. The molecule has 0 atom stereocenters. The molecule has 198 valence electrons. The Morgan fingerprint density at radius 3 is 2.71 bits per heavy atom. The van der Waals surface area contributed by atoms with Crippen LogP contribution in [0.5, 0.6) is 5.75 Å². The third kappa shape index (κ3) is 4.26. The molecule has 2 aliphatic heterocycles. The molecule has 0 unspecified atom stereocenters. The van der Waals surface area contributed by atoms with Crippen molar-refractivity contribution in [2.75, 3.05) is 38.2 Å². The minimum atomic E-state index is -1.27. The van der Waals surface area contributed by atoms with Crippen LogP contribution in [0.2, 0.25) is 0 Å². The van der Waals surface area contributed by atoms with Crippen molar-refractivity contribution in [1.82, 2.24) is 15.2 Å². The molecule has 3 amide bonds. The van der Waals surface area contributed by atoms with Crippen LogP contribution in [0.3, 0.4) is 0 Å². The average molecular weight is 537 g/mol. The predicted octanol–water partition coefficient (Wildman–Crippen LogP) is 3.48. The van der Waals surface area contributed by atoms with Crippen LogP contribution in [0.15, 0.2) is 41.1 Å². The van der Waals surface area contributed by atoms with Gasteiger partial charge in [-0.3, -0.25) is 9.59 Å². The standard InChI is InChI=1S/C27H28N4O6S/c1-17-20-22(33)27(8-13-30(14-9-27)26(35)29-10-15-32)25(34)31(12-7-18-5-3-4-6-19(18)36-2)24(20)38-21(17)23-28-11-16-37-23/h3-6,11,15-16H,7-10,12-14H2,1-2H3,(H,29,35). The number of piperidine rings is 1. The van der Waals surface area contributed by atoms with Crippen LogP contribution in [-0.4, -0.2) is 67.2 Å². The molecule has 0 aliphatic carbocycles. The smallest absolute Gasteiger partial charge is 0.317 e. The second kappa shape index (κ2) is 10.4. The number of fused-ring (bicyclic) bond motifs is 1. The van der Waals surface area contributed by atoms with Crippen LogP contribution in [0, 0.1) is 12.3 Å². The zero-order valence-electron chi connectivity index (χ0n) is 21.2. The third-order valence-corrected chi connectivity index (χ3v) is 8.66. The quantitative estimate of drug-likeness (QED) is 0.362. The van der Waals surface area contributed by atoms with E-state index in [9.17, 15) is 19.2 Å². The van der Waals surface area contributed by atoms with Gasteiger partial charge in [0.15, 0.2) is 5.78 Å². The number of aromatic nitrogens is 1. The van der Waals surface area contributed by atoms with Crippen molar-refractivity contribution in [2.45, 2.75) is 26.2 Å². The summed E-state index contributed by atoms with van der Waals surface area (Å²) in [4.78, 5) is 59.6. The minimum Gasteiger partial charge on any atom is -0.496 e. The van der Waals surface area contributed by atoms with Gasteiger partial charge in [-0.25, -0.2) is 9.78 Å². The number of Topliss-reactive ketones (excluding diaryl/α,β-unsaturated/α-hetero) is 1. The number of nitrogens with one attached hydrogen (secondary N) is 1. The fourth-order valence-electron chi connectivity index (χ4n) is 5.30. The van der Waals surface area contributed by atoms with E-state index in [1.807, 2.05) is 31.2 Å². The van der Waals surface area contributed by atoms with Gasteiger partial charge >= 0.3 is 6.03 Å².